The Morgan fingerprint density at radius 2 is 2.07 bits per heavy atom. The summed E-state index contributed by atoms with van der Waals surface area (Å²) >= 11 is 0. The molecule has 0 bridgehead atoms. The van der Waals surface area contributed by atoms with Gasteiger partial charge in [0.2, 0.25) is 0 Å². The van der Waals surface area contributed by atoms with Gasteiger partial charge < -0.3 is 14.4 Å². The van der Waals surface area contributed by atoms with E-state index in [1.54, 1.807) is 0 Å². The highest BCUT2D eigenvalue weighted by Gasteiger charge is 2.38. The van der Waals surface area contributed by atoms with Gasteiger partial charge >= 0.3 is 0 Å². The molecule has 0 unspecified atom stereocenters. The van der Waals surface area contributed by atoms with Crippen molar-refractivity contribution < 1.29 is 9.84 Å². The predicted octanol–water partition coefficient (Wildman–Crippen LogP) is 2.49. The summed E-state index contributed by atoms with van der Waals surface area (Å²) in [5.41, 5.74) is 2.13. The summed E-state index contributed by atoms with van der Waals surface area (Å²) in [4.78, 5) is 11.6. The first kappa shape index (κ1) is 16.9. The minimum absolute atomic E-state index is 0.153. The Kier molecular flexibility index (Phi) is 4.39. The zero-order valence-corrected chi connectivity index (χ0v) is 15.2. The molecule has 140 valence electrons. The summed E-state index contributed by atoms with van der Waals surface area (Å²) in [5, 5.41) is 10.3. The normalized spacial score (nSPS) is 25.7. The molecule has 6 nitrogen and oxygen atoms in total. The van der Waals surface area contributed by atoms with Gasteiger partial charge in [0.05, 0.1) is 18.2 Å². The van der Waals surface area contributed by atoms with E-state index in [0.717, 1.165) is 54.8 Å². The molecule has 3 atom stereocenters. The molecule has 1 N–H and O–H groups in total. The third-order valence-corrected chi connectivity index (χ3v) is 5.84. The lowest BCUT2D eigenvalue weighted by molar-refractivity contribution is -0.0567. The van der Waals surface area contributed by atoms with Crippen molar-refractivity contribution in [2.24, 2.45) is 0 Å². The van der Waals surface area contributed by atoms with Gasteiger partial charge in [0.15, 0.2) is 0 Å². The molecule has 6 heteroatoms. The van der Waals surface area contributed by atoms with E-state index in [9.17, 15) is 5.11 Å². The molecule has 5 rings (SSSR count). The Labute approximate surface area is 158 Å². The van der Waals surface area contributed by atoms with E-state index in [0.29, 0.717) is 12.1 Å². The number of hydrogen-bond acceptors (Lipinski definition) is 5. The third kappa shape index (κ3) is 3.14. The van der Waals surface area contributed by atoms with E-state index in [-0.39, 0.29) is 12.7 Å². The Hall–Kier alpha value is -2.28. The number of morpholine rings is 1. The van der Waals surface area contributed by atoms with Gasteiger partial charge in [-0.1, -0.05) is 6.07 Å². The van der Waals surface area contributed by atoms with Gasteiger partial charge in [-0.2, -0.15) is 0 Å². The summed E-state index contributed by atoms with van der Waals surface area (Å²) in [6.45, 7) is 2.86. The number of nitrogens with zero attached hydrogens (tertiary/aromatic N) is 4. The van der Waals surface area contributed by atoms with Crippen molar-refractivity contribution in [1.82, 2.24) is 19.4 Å². The quantitative estimate of drug-likeness (QED) is 0.771. The molecule has 2 saturated heterocycles. The molecular weight excluding hydrogens is 340 g/mol. The summed E-state index contributed by atoms with van der Waals surface area (Å²) < 4.78 is 8.24. The SMILES string of the molecule is OCC[C@H]1CN2C[C@@H](n3ccnc3-c3ccc4ncccc4c3)C[C@H]2CO1. The van der Waals surface area contributed by atoms with E-state index in [2.05, 4.69) is 49.9 Å². The topological polar surface area (TPSA) is 63.4 Å². The van der Waals surface area contributed by atoms with Crippen molar-refractivity contribution >= 4 is 10.9 Å². The Bertz CT molecular complexity index is 941. The number of benzene rings is 1. The highest BCUT2D eigenvalue weighted by molar-refractivity contribution is 5.83. The number of aliphatic hydroxyl groups is 1. The van der Waals surface area contributed by atoms with E-state index in [4.69, 9.17) is 4.74 Å². The zero-order valence-electron chi connectivity index (χ0n) is 15.2. The molecule has 2 aromatic heterocycles. The molecule has 0 saturated carbocycles. The zero-order chi connectivity index (χ0) is 18.2. The molecule has 0 amide bonds. The molecule has 2 aliphatic rings. The van der Waals surface area contributed by atoms with Gasteiger partial charge in [0.25, 0.3) is 0 Å². The van der Waals surface area contributed by atoms with Crippen molar-refractivity contribution in [1.29, 1.82) is 0 Å². The fourth-order valence-corrected chi connectivity index (χ4v) is 4.48. The number of imidazole rings is 1. The van der Waals surface area contributed by atoms with Crippen LogP contribution in [0.4, 0.5) is 0 Å². The molecule has 2 fully saturated rings. The van der Waals surface area contributed by atoms with Crippen LogP contribution in [-0.4, -0.2) is 63.0 Å². The predicted molar refractivity (Wildman–Crippen MR) is 103 cm³/mol. The second kappa shape index (κ2) is 7.03. The molecule has 4 heterocycles. The van der Waals surface area contributed by atoms with Crippen molar-refractivity contribution in [2.45, 2.75) is 31.0 Å². The second-order valence-corrected chi connectivity index (χ2v) is 7.53. The smallest absolute Gasteiger partial charge is 0.140 e. The van der Waals surface area contributed by atoms with E-state index in [1.165, 1.54) is 0 Å². The van der Waals surface area contributed by atoms with Crippen LogP contribution < -0.4 is 0 Å². The Balaban J connectivity index is 1.40. The van der Waals surface area contributed by atoms with Crippen molar-refractivity contribution in [3.8, 4) is 11.4 Å². The third-order valence-electron chi connectivity index (χ3n) is 5.84. The number of fused-ring (bicyclic) bond motifs is 2. The Morgan fingerprint density at radius 1 is 1.11 bits per heavy atom. The van der Waals surface area contributed by atoms with Crippen molar-refractivity contribution in [3.63, 3.8) is 0 Å². The number of hydrogen-bond donors (Lipinski definition) is 1. The van der Waals surface area contributed by atoms with Crippen LogP contribution in [0.3, 0.4) is 0 Å². The van der Waals surface area contributed by atoms with Crippen molar-refractivity contribution in [2.75, 3.05) is 26.3 Å². The standard InChI is InChI=1S/C21H24N4O2/c26-9-5-19-13-24-12-17(11-18(24)14-27-19)25-8-7-23-21(25)16-3-4-20-15(10-16)2-1-6-22-20/h1-4,6-8,10,17-19,26H,5,9,11-14H2/t17-,18-,19-/m0/s1. The van der Waals surface area contributed by atoms with Gasteiger partial charge in [0, 0.05) is 61.3 Å². The maximum Gasteiger partial charge on any atom is 0.140 e. The minimum atomic E-state index is 0.153. The highest BCUT2D eigenvalue weighted by atomic mass is 16.5. The van der Waals surface area contributed by atoms with Gasteiger partial charge in [-0.3, -0.25) is 9.88 Å². The maximum atomic E-state index is 9.18. The van der Waals surface area contributed by atoms with Crippen LogP contribution in [0.2, 0.25) is 0 Å². The molecule has 2 aliphatic heterocycles. The first-order chi connectivity index (χ1) is 13.3. The second-order valence-electron chi connectivity index (χ2n) is 7.53. The number of pyridine rings is 1. The van der Waals surface area contributed by atoms with Crippen molar-refractivity contribution in [3.05, 3.63) is 48.9 Å². The molecule has 3 aromatic rings. The lowest BCUT2D eigenvalue weighted by Gasteiger charge is -2.34. The van der Waals surface area contributed by atoms with Gasteiger partial charge in [-0.25, -0.2) is 4.98 Å². The van der Waals surface area contributed by atoms with Crippen LogP contribution in [0.15, 0.2) is 48.9 Å². The maximum absolute atomic E-state index is 9.18. The fraction of sp³-hybridized carbons (Fsp3) is 0.429. The largest absolute Gasteiger partial charge is 0.396 e. The molecular formula is C21H24N4O2. The van der Waals surface area contributed by atoms with Crippen LogP contribution in [-0.2, 0) is 4.74 Å². The number of rotatable bonds is 4. The molecule has 1 aromatic carbocycles. The molecule has 0 radical (unpaired) electrons. The summed E-state index contributed by atoms with van der Waals surface area (Å²) in [5.74, 6) is 1.01. The number of aliphatic hydroxyl groups excluding tert-OH is 1. The van der Waals surface area contributed by atoms with E-state index >= 15 is 0 Å². The van der Waals surface area contributed by atoms with Crippen LogP contribution in [0.25, 0.3) is 22.3 Å². The first-order valence-electron chi connectivity index (χ1n) is 9.66. The Morgan fingerprint density at radius 3 is 3.00 bits per heavy atom. The average Bonchev–Trinajstić information content (AvgIpc) is 3.34. The van der Waals surface area contributed by atoms with Crippen LogP contribution in [0.1, 0.15) is 18.9 Å². The molecule has 0 spiro atoms. The first-order valence-corrected chi connectivity index (χ1v) is 9.66. The summed E-state index contributed by atoms with van der Waals surface area (Å²) in [6.07, 6.45) is 7.76. The lowest BCUT2D eigenvalue weighted by atomic mass is 10.1. The molecule has 27 heavy (non-hydrogen) atoms. The fourth-order valence-electron chi connectivity index (χ4n) is 4.48. The summed E-state index contributed by atoms with van der Waals surface area (Å²) in [7, 11) is 0. The van der Waals surface area contributed by atoms with Crippen LogP contribution in [0.5, 0.6) is 0 Å². The number of aromatic nitrogens is 3. The van der Waals surface area contributed by atoms with Gasteiger partial charge in [0.1, 0.15) is 5.82 Å². The van der Waals surface area contributed by atoms with Crippen LogP contribution in [0, 0.1) is 0 Å². The summed E-state index contributed by atoms with van der Waals surface area (Å²) in [6, 6.07) is 11.3. The molecule has 0 aliphatic carbocycles. The lowest BCUT2D eigenvalue weighted by Crippen LogP contribution is -2.46. The highest BCUT2D eigenvalue weighted by Crippen LogP contribution is 2.34. The number of ether oxygens (including phenoxy) is 1. The van der Waals surface area contributed by atoms with Gasteiger partial charge in [-0.15, -0.1) is 0 Å². The minimum Gasteiger partial charge on any atom is -0.396 e. The average molecular weight is 364 g/mol. The van der Waals surface area contributed by atoms with E-state index < -0.39 is 0 Å². The monoisotopic (exact) mass is 364 g/mol. The van der Waals surface area contributed by atoms with Crippen LogP contribution >= 0.6 is 0 Å². The van der Waals surface area contributed by atoms with E-state index in [1.807, 2.05) is 18.5 Å². The van der Waals surface area contributed by atoms with Gasteiger partial charge in [-0.05, 0) is 37.1 Å².